The van der Waals surface area contributed by atoms with Gasteiger partial charge >= 0.3 is 6.18 Å². The lowest BCUT2D eigenvalue weighted by Crippen LogP contribution is -2.49. The number of hydrogen-bond donors (Lipinski definition) is 0. The van der Waals surface area contributed by atoms with Crippen molar-refractivity contribution < 1.29 is 26.3 Å². The number of ether oxygens (including phenoxy) is 1. The number of hydrogen-bond acceptors (Lipinski definition) is 5. The summed E-state index contributed by atoms with van der Waals surface area (Å²) in [5, 5.41) is 0.0612. The molecule has 12 heteroatoms. The zero-order valence-electron chi connectivity index (χ0n) is 16.0. The van der Waals surface area contributed by atoms with Crippen LogP contribution >= 0.6 is 0 Å². The maximum atomic E-state index is 13.3. The molecule has 1 aromatic carbocycles. The Morgan fingerprint density at radius 1 is 1.13 bits per heavy atom. The number of rotatable bonds is 4. The predicted molar refractivity (Wildman–Crippen MR) is 102 cm³/mol. The minimum absolute atomic E-state index is 0.0612. The van der Waals surface area contributed by atoms with Gasteiger partial charge in [-0.05, 0) is 25.0 Å². The van der Waals surface area contributed by atoms with E-state index >= 15 is 0 Å². The summed E-state index contributed by atoms with van der Waals surface area (Å²) in [7, 11) is -3.94. The third-order valence-corrected chi connectivity index (χ3v) is 7.37. The van der Waals surface area contributed by atoms with Crippen LogP contribution in [0.4, 0.5) is 13.2 Å². The number of alkyl halides is 3. The van der Waals surface area contributed by atoms with Crippen molar-refractivity contribution in [2.75, 3.05) is 32.8 Å². The zero-order valence-corrected chi connectivity index (χ0v) is 16.8. The molecule has 3 heterocycles. The lowest BCUT2D eigenvalue weighted by Gasteiger charge is -2.33. The van der Waals surface area contributed by atoms with Gasteiger partial charge in [0, 0.05) is 19.6 Å². The molecule has 2 aliphatic rings. The maximum absolute atomic E-state index is 13.3. The Labute approximate surface area is 171 Å². The molecule has 1 aromatic heterocycles. The van der Waals surface area contributed by atoms with Crippen LogP contribution in [0, 0.1) is 0 Å². The molecule has 164 valence electrons. The normalized spacial score (nSPS) is 22.0. The molecule has 2 aromatic rings. The second-order valence-electron chi connectivity index (χ2n) is 7.28. The Bertz CT molecular complexity index is 1100. The molecular weight excluding hydrogens is 425 g/mol. The summed E-state index contributed by atoms with van der Waals surface area (Å²) < 4.78 is 74.4. The van der Waals surface area contributed by atoms with Crippen molar-refractivity contribution >= 4 is 21.1 Å². The van der Waals surface area contributed by atoms with Crippen LogP contribution in [0.15, 0.2) is 29.1 Å². The number of aromatic nitrogens is 2. The molecule has 0 bridgehead atoms. The highest BCUT2D eigenvalue weighted by molar-refractivity contribution is 7.86. The molecular formula is C18H21F3N4O4S. The standard InChI is InChI=1S/C18H21F3N4O4S/c19-18(20,21)12-24-16(22-14-5-2-1-4-13(14)17(24)26)15-6-3-7-25(15)30(27,28)23-8-10-29-11-9-23/h1-2,4-5,15H,3,6-12H2. The van der Waals surface area contributed by atoms with E-state index in [1.807, 2.05) is 0 Å². The van der Waals surface area contributed by atoms with Crippen LogP contribution in [0.2, 0.25) is 0 Å². The van der Waals surface area contributed by atoms with E-state index in [0.29, 0.717) is 11.0 Å². The molecule has 4 rings (SSSR count). The number of nitrogens with zero attached hydrogens (tertiary/aromatic N) is 4. The van der Waals surface area contributed by atoms with Gasteiger partial charge in [-0.3, -0.25) is 9.36 Å². The molecule has 8 nitrogen and oxygen atoms in total. The third kappa shape index (κ3) is 3.96. The Balaban J connectivity index is 1.82. The quantitative estimate of drug-likeness (QED) is 0.714. The monoisotopic (exact) mass is 446 g/mol. The summed E-state index contributed by atoms with van der Waals surface area (Å²) in [6.07, 6.45) is -3.91. The highest BCUT2D eigenvalue weighted by Crippen LogP contribution is 2.35. The molecule has 0 aliphatic carbocycles. The average Bonchev–Trinajstić information content (AvgIpc) is 3.20. The van der Waals surface area contributed by atoms with Crippen LogP contribution < -0.4 is 5.56 Å². The van der Waals surface area contributed by atoms with Crippen LogP contribution in [0.3, 0.4) is 0 Å². The largest absolute Gasteiger partial charge is 0.406 e. The highest BCUT2D eigenvalue weighted by atomic mass is 32.2. The summed E-state index contributed by atoms with van der Waals surface area (Å²) in [5.41, 5.74) is -0.588. The van der Waals surface area contributed by atoms with E-state index in [2.05, 4.69) is 4.98 Å². The molecule has 1 atom stereocenters. The molecule has 2 aliphatic heterocycles. The molecule has 0 saturated carbocycles. The third-order valence-electron chi connectivity index (χ3n) is 5.32. The molecule has 0 spiro atoms. The molecule has 0 radical (unpaired) electrons. The summed E-state index contributed by atoms with van der Waals surface area (Å²) in [6.45, 7) is -0.520. The van der Waals surface area contributed by atoms with Gasteiger partial charge in [0.05, 0.1) is 30.2 Å². The Morgan fingerprint density at radius 3 is 2.53 bits per heavy atom. The van der Waals surface area contributed by atoms with Crippen molar-refractivity contribution in [1.29, 1.82) is 0 Å². The van der Waals surface area contributed by atoms with Crippen molar-refractivity contribution in [1.82, 2.24) is 18.2 Å². The van der Waals surface area contributed by atoms with Gasteiger partial charge in [-0.2, -0.15) is 30.2 Å². The van der Waals surface area contributed by atoms with Crippen LogP contribution in [0.1, 0.15) is 24.7 Å². The van der Waals surface area contributed by atoms with Crippen molar-refractivity contribution in [3.63, 3.8) is 0 Å². The fourth-order valence-corrected chi connectivity index (χ4v) is 5.76. The minimum Gasteiger partial charge on any atom is -0.379 e. The number of fused-ring (bicyclic) bond motifs is 1. The van der Waals surface area contributed by atoms with E-state index in [4.69, 9.17) is 4.74 Å². The van der Waals surface area contributed by atoms with Crippen molar-refractivity contribution in [3.8, 4) is 0 Å². The molecule has 30 heavy (non-hydrogen) atoms. The molecule has 2 fully saturated rings. The fraction of sp³-hybridized carbons (Fsp3) is 0.556. The Kier molecular flexibility index (Phi) is 5.60. The van der Waals surface area contributed by atoms with E-state index in [9.17, 15) is 26.4 Å². The van der Waals surface area contributed by atoms with Gasteiger partial charge in [0.2, 0.25) is 0 Å². The first-order valence-electron chi connectivity index (χ1n) is 9.59. The molecule has 2 saturated heterocycles. The van der Waals surface area contributed by atoms with E-state index in [1.54, 1.807) is 12.1 Å². The minimum atomic E-state index is -4.66. The van der Waals surface area contributed by atoms with Crippen LogP contribution in [-0.4, -0.2) is 65.6 Å². The Hall–Kier alpha value is -2.02. The average molecular weight is 446 g/mol. The van der Waals surface area contributed by atoms with Crippen LogP contribution in [0.25, 0.3) is 10.9 Å². The van der Waals surface area contributed by atoms with Gasteiger partial charge in [-0.15, -0.1) is 0 Å². The topological polar surface area (TPSA) is 84.7 Å². The van der Waals surface area contributed by atoms with Gasteiger partial charge in [-0.25, -0.2) is 4.98 Å². The van der Waals surface area contributed by atoms with Gasteiger partial charge in [-0.1, -0.05) is 12.1 Å². The summed E-state index contributed by atoms with van der Waals surface area (Å²) in [5.74, 6) is -0.176. The summed E-state index contributed by atoms with van der Waals surface area (Å²) in [4.78, 5) is 17.2. The second kappa shape index (κ2) is 7.91. The van der Waals surface area contributed by atoms with E-state index < -0.39 is 34.5 Å². The Morgan fingerprint density at radius 2 is 1.83 bits per heavy atom. The smallest absolute Gasteiger partial charge is 0.379 e. The SMILES string of the molecule is O=c1c2ccccc2nc(C2CCCN2S(=O)(=O)N2CCOCC2)n1CC(F)(F)F. The van der Waals surface area contributed by atoms with Crippen molar-refractivity contribution in [3.05, 3.63) is 40.4 Å². The van der Waals surface area contributed by atoms with E-state index in [-0.39, 0.29) is 56.0 Å². The second-order valence-corrected chi connectivity index (χ2v) is 9.16. The first kappa shape index (κ1) is 21.2. The summed E-state index contributed by atoms with van der Waals surface area (Å²) >= 11 is 0. The van der Waals surface area contributed by atoms with Gasteiger partial charge in [0.25, 0.3) is 15.8 Å². The number of benzene rings is 1. The van der Waals surface area contributed by atoms with Crippen LogP contribution in [0.5, 0.6) is 0 Å². The molecule has 1 unspecified atom stereocenters. The number of morpholine rings is 1. The number of halogens is 3. The lowest BCUT2D eigenvalue weighted by molar-refractivity contribution is -0.141. The summed E-state index contributed by atoms with van der Waals surface area (Å²) in [6, 6.07) is 5.18. The molecule has 0 amide bonds. The van der Waals surface area contributed by atoms with E-state index in [0.717, 1.165) is 0 Å². The predicted octanol–water partition coefficient (Wildman–Crippen LogP) is 1.67. The fourth-order valence-electron chi connectivity index (χ4n) is 3.97. The van der Waals surface area contributed by atoms with Crippen molar-refractivity contribution in [2.24, 2.45) is 0 Å². The molecule has 0 N–H and O–H groups in total. The van der Waals surface area contributed by atoms with Gasteiger partial charge in [0.1, 0.15) is 12.4 Å². The maximum Gasteiger partial charge on any atom is 0.406 e. The van der Waals surface area contributed by atoms with Gasteiger partial charge in [0.15, 0.2) is 0 Å². The number of para-hydroxylation sites is 1. The highest BCUT2D eigenvalue weighted by Gasteiger charge is 2.42. The van der Waals surface area contributed by atoms with Crippen molar-refractivity contribution in [2.45, 2.75) is 31.6 Å². The zero-order chi connectivity index (χ0) is 21.5. The van der Waals surface area contributed by atoms with E-state index in [1.165, 1.54) is 20.7 Å². The van der Waals surface area contributed by atoms with Crippen LogP contribution in [-0.2, 0) is 21.5 Å². The van der Waals surface area contributed by atoms with Gasteiger partial charge < -0.3 is 4.74 Å². The first-order valence-corrected chi connectivity index (χ1v) is 11.0. The lowest BCUT2D eigenvalue weighted by atomic mass is 10.2. The first-order chi connectivity index (χ1) is 14.2.